The molecule has 4 rings (SSSR count). The molecule has 0 unspecified atom stereocenters. The maximum atomic E-state index is 13.0. The Bertz CT molecular complexity index is 896. The number of likely N-dealkylation sites (tertiary alicyclic amines) is 1. The van der Waals surface area contributed by atoms with Crippen molar-refractivity contribution in [1.82, 2.24) is 9.88 Å². The summed E-state index contributed by atoms with van der Waals surface area (Å²) >= 11 is 1.60. The molecule has 1 aliphatic heterocycles. The lowest BCUT2D eigenvalue weighted by Gasteiger charge is -2.24. The van der Waals surface area contributed by atoms with Crippen LogP contribution in [0.1, 0.15) is 35.1 Å². The number of hydrogen-bond donors (Lipinski definition) is 0. The third-order valence-electron chi connectivity index (χ3n) is 5.00. The number of methoxy groups -OCH3 is 1. The van der Waals surface area contributed by atoms with Crippen molar-refractivity contribution in [3.63, 3.8) is 0 Å². The number of hydrogen-bond acceptors (Lipinski definition) is 5. The summed E-state index contributed by atoms with van der Waals surface area (Å²) in [6.45, 7) is 2.32. The van der Waals surface area contributed by atoms with E-state index < -0.39 is 0 Å². The van der Waals surface area contributed by atoms with E-state index in [-0.39, 0.29) is 5.82 Å². The number of benzene rings is 2. The molecule has 0 bridgehead atoms. The first kappa shape index (κ1) is 18.9. The number of nitrogens with zero attached hydrogens (tertiary/aromatic N) is 2. The Morgan fingerprint density at radius 1 is 1.11 bits per heavy atom. The molecule has 146 valence electrons. The minimum atomic E-state index is -0.263. The van der Waals surface area contributed by atoms with Crippen LogP contribution in [0.3, 0.4) is 0 Å². The van der Waals surface area contributed by atoms with Crippen LogP contribution < -0.4 is 9.47 Å². The van der Waals surface area contributed by atoms with Crippen LogP contribution in [0.5, 0.6) is 11.5 Å². The number of ether oxygens (including phenoxy) is 2. The van der Waals surface area contributed by atoms with Gasteiger partial charge in [-0.3, -0.25) is 4.90 Å². The van der Waals surface area contributed by atoms with Crippen LogP contribution in [0.15, 0.2) is 53.9 Å². The number of thiazole rings is 1. The van der Waals surface area contributed by atoms with Gasteiger partial charge < -0.3 is 9.47 Å². The summed E-state index contributed by atoms with van der Waals surface area (Å²) in [6, 6.07) is 14.9. The maximum Gasteiger partial charge on any atom is 0.140 e. The molecule has 3 aromatic rings. The highest BCUT2D eigenvalue weighted by molar-refractivity contribution is 7.09. The van der Waals surface area contributed by atoms with Crippen molar-refractivity contribution in [3.05, 3.63) is 76.0 Å². The lowest BCUT2D eigenvalue weighted by molar-refractivity contribution is 0.245. The summed E-state index contributed by atoms with van der Waals surface area (Å²) in [5.41, 5.74) is 2.40. The average Bonchev–Trinajstić information content (AvgIpc) is 3.37. The molecule has 1 fully saturated rings. The lowest BCUT2D eigenvalue weighted by Crippen LogP contribution is -2.23. The van der Waals surface area contributed by atoms with Gasteiger partial charge in [-0.2, -0.15) is 0 Å². The van der Waals surface area contributed by atoms with Gasteiger partial charge in [0.25, 0.3) is 0 Å². The SMILES string of the molecule is COc1ccc([C@@H]2CCCN2Cc2csc(COc3ccc(F)cc3)n2)cc1. The van der Waals surface area contributed by atoms with Crippen LogP contribution >= 0.6 is 11.3 Å². The quantitative estimate of drug-likeness (QED) is 0.547. The first-order chi connectivity index (χ1) is 13.7. The normalized spacial score (nSPS) is 17.0. The second kappa shape index (κ2) is 8.71. The molecule has 1 saturated heterocycles. The molecular formula is C22H23FN2O2S. The van der Waals surface area contributed by atoms with Crippen molar-refractivity contribution in [2.75, 3.05) is 13.7 Å². The van der Waals surface area contributed by atoms with Gasteiger partial charge in [0, 0.05) is 18.0 Å². The van der Waals surface area contributed by atoms with Gasteiger partial charge in [0.1, 0.15) is 28.9 Å². The molecule has 0 saturated carbocycles. The average molecular weight is 399 g/mol. The Balaban J connectivity index is 1.36. The van der Waals surface area contributed by atoms with Crippen molar-refractivity contribution in [2.45, 2.75) is 32.0 Å². The van der Waals surface area contributed by atoms with E-state index in [9.17, 15) is 4.39 Å². The van der Waals surface area contributed by atoms with Crippen molar-refractivity contribution in [2.24, 2.45) is 0 Å². The minimum Gasteiger partial charge on any atom is -0.497 e. The van der Waals surface area contributed by atoms with Crippen LogP contribution in [0.25, 0.3) is 0 Å². The molecule has 0 spiro atoms. The Hall–Kier alpha value is -2.44. The molecule has 28 heavy (non-hydrogen) atoms. The molecule has 2 heterocycles. The van der Waals surface area contributed by atoms with Gasteiger partial charge in [0.05, 0.1) is 12.8 Å². The fourth-order valence-corrected chi connectivity index (χ4v) is 4.29. The Labute approximate surface area is 168 Å². The molecule has 1 atom stereocenters. The van der Waals surface area contributed by atoms with Crippen molar-refractivity contribution < 1.29 is 13.9 Å². The fraction of sp³-hybridized carbons (Fsp3) is 0.318. The highest BCUT2D eigenvalue weighted by atomic mass is 32.1. The van der Waals surface area contributed by atoms with Crippen LogP contribution in [0.4, 0.5) is 4.39 Å². The van der Waals surface area contributed by atoms with Crippen LogP contribution in [-0.2, 0) is 13.2 Å². The molecule has 0 amide bonds. The van der Waals surface area contributed by atoms with Gasteiger partial charge in [0.2, 0.25) is 0 Å². The predicted molar refractivity (Wildman–Crippen MR) is 108 cm³/mol. The molecule has 0 radical (unpaired) electrons. The highest BCUT2D eigenvalue weighted by Crippen LogP contribution is 2.34. The maximum absolute atomic E-state index is 13.0. The van der Waals surface area contributed by atoms with Crippen LogP contribution in [0, 0.1) is 5.82 Å². The summed E-state index contributed by atoms with van der Waals surface area (Å²) in [6.07, 6.45) is 2.36. The Kier molecular flexibility index (Phi) is 5.88. The van der Waals surface area contributed by atoms with Gasteiger partial charge in [-0.25, -0.2) is 9.37 Å². The predicted octanol–water partition coefficient (Wildman–Crippen LogP) is 5.21. The molecule has 0 N–H and O–H groups in total. The first-order valence-electron chi connectivity index (χ1n) is 9.41. The monoisotopic (exact) mass is 398 g/mol. The number of rotatable bonds is 7. The standard InChI is InChI=1S/C22H23FN2O2S/c1-26-19-8-4-16(5-9-19)21-3-2-12-25(21)13-18-15-28-22(24-18)14-27-20-10-6-17(23)7-11-20/h4-11,15,21H,2-3,12-14H2,1H3/t21-/m0/s1. The molecule has 2 aromatic carbocycles. The van der Waals surface area contributed by atoms with E-state index >= 15 is 0 Å². The van der Waals surface area contributed by atoms with Crippen LogP contribution in [-0.4, -0.2) is 23.5 Å². The number of aromatic nitrogens is 1. The van der Waals surface area contributed by atoms with E-state index in [1.54, 1.807) is 30.6 Å². The van der Waals surface area contributed by atoms with Crippen LogP contribution in [0.2, 0.25) is 0 Å². The summed E-state index contributed by atoms with van der Waals surface area (Å²) in [5.74, 6) is 1.27. The highest BCUT2D eigenvalue weighted by Gasteiger charge is 2.26. The molecule has 1 aliphatic rings. The van der Waals surface area contributed by atoms with E-state index in [2.05, 4.69) is 22.4 Å². The minimum absolute atomic E-state index is 0.263. The molecule has 1 aromatic heterocycles. The lowest BCUT2D eigenvalue weighted by atomic mass is 10.0. The third kappa shape index (κ3) is 4.51. The zero-order valence-electron chi connectivity index (χ0n) is 15.8. The smallest absolute Gasteiger partial charge is 0.140 e. The molecule has 4 nitrogen and oxygen atoms in total. The van der Waals surface area contributed by atoms with Gasteiger partial charge in [-0.05, 0) is 61.3 Å². The molecule has 6 heteroatoms. The van der Waals surface area contributed by atoms with Crippen molar-refractivity contribution in [1.29, 1.82) is 0 Å². The first-order valence-corrected chi connectivity index (χ1v) is 10.3. The summed E-state index contributed by atoms with van der Waals surface area (Å²) in [7, 11) is 1.69. The summed E-state index contributed by atoms with van der Waals surface area (Å²) in [4.78, 5) is 7.21. The van der Waals surface area contributed by atoms with Crippen molar-refractivity contribution in [3.8, 4) is 11.5 Å². The van der Waals surface area contributed by atoms with Gasteiger partial charge in [0.15, 0.2) is 0 Å². The largest absolute Gasteiger partial charge is 0.497 e. The van der Waals surface area contributed by atoms with E-state index in [0.29, 0.717) is 18.4 Å². The summed E-state index contributed by atoms with van der Waals surface area (Å²) < 4.78 is 23.9. The zero-order valence-corrected chi connectivity index (χ0v) is 16.6. The van der Waals surface area contributed by atoms with E-state index in [1.165, 1.54) is 24.1 Å². The zero-order chi connectivity index (χ0) is 19.3. The molecular weight excluding hydrogens is 375 g/mol. The van der Waals surface area contributed by atoms with Gasteiger partial charge in [-0.1, -0.05) is 12.1 Å². The number of halogens is 1. The second-order valence-electron chi connectivity index (χ2n) is 6.88. The van der Waals surface area contributed by atoms with Crippen molar-refractivity contribution >= 4 is 11.3 Å². The third-order valence-corrected chi connectivity index (χ3v) is 5.88. The van der Waals surface area contributed by atoms with Gasteiger partial charge >= 0.3 is 0 Å². The Morgan fingerprint density at radius 3 is 2.61 bits per heavy atom. The van der Waals surface area contributed by atoms with E-state index in [0.717, 1.165) is 36.0 Å². The van der Waals surface area contributed by atoms with E-state index in [1.807, 2.05) is 12.1 Å². The second-order valence-corrected chi connectivity index (χ2v) is 7.82. The molecule has 0 aliphatic carbocycles. The van der Waals surface area contributed by atoms with Gasteiger partial charge in [-0.15, -0.1) is 11.3 Å². The Morgan fingerprint density at radius 2 is 1.86 bits per heavy atom. The topological polar surface area (TPSA) is 34.6 Å². The fourth-order valence-electron chi connectivity index (χ4n) is 3.59. The van der Waals surface area contributed by atoms with E-state index in [4.69, 9.17) is 14.5 Å². The summed E-state index contributed by atoms with van der Waals surface area (Å²) in [5, 5.41) is 3.03.